The third kappa shape index (κ3) is 2.83. The van der Waals surface area contributed by atoms with Crippen LogP contribution in [0.3, 0.4) is 0 Å². The first-order chi connectivity index (χ1) is 12.0. The average molecular weight is 338 g/mol. The van der Waals surface area contributed by atoms with Crippen LogP contribution in [0.25, 0.3) is 10.8 Å². The first-order valence-electron chi connectivity index (χ1n) is 8.78. The number of morpholine rings is 1. The molecule has 2 aliphatic rings. The summed E-state index contributed by atoms with van der Waals surface area (Å²) in [5.41, 5.74) is 0.685. The molecule has 4 rings (SSSR count). The molecule has 2 aromatic rings. The number of carbonyl (C=O) groups is 2. The van der Waals surface area contributed by atoms with Crippen LogP contribution in [0.2, 0.25) is 0 Å². The van der Waals surface area contributed by atoms with E-state index >= 15 is 0 Å². The van der Waals surface area contributed by atoms with Gasteiger partial charge in [0.05, 0.1) is 30.4 Å². The minimum absolute atomic E-state index is 0.0678. The van der Waals surface area contributed by atoms with Gasteiger partial charge in [0.1, 0.15) is 0 Å². The fourth-order valence-corrected chi connectivity index (χ4v) is 4.03. The van der Waals surface area contributed by atoms with Crippen molar-refractivity contribution in [1.82, 2.24) is 4.90 Å². The molecule has 25 heavy (non-hydrogen) atoms. The van der Waals surface area contributed by atoms with Gasteiger partial charge < -0.3 is 4.74 Å². The molecule has 0 bridgehead atoms. The molecule has 3 unspecified atom stereocenters. The van der Waals surface area contributed by atoms with Crippen molar-refractivity contribution in [2.24, 2.45) is 0 Å². The van der Waals surface area contributed by atoms with Crippen LogP contribution in [0.4, 0.5) is 5.69 Å². The van der Waals surface area contributed by atoms with E-state index in [1.165, 1.54) is 4.90 Å². The van der Waals surface area contributed by atoms with E-state index in [0.717, 1.165) is 10.8 Å². The van der Waals surface area contributed by atoms with E-state index in [1.807, 2.05) is 56.3 Å². The second-order valence-corrected chi connectivity index (χ2v) is 7.00. The van der Waals surface area contributed by atoms with Crippen LogP contribution in [-0.2, 0) is 14.3 Å². The van der Waals surface area contributed by atoms with Crippen LogP contribution in [-0.4, -0.2) is 48.1 Å². The predicted octanol–water partition coefficient (Wildman–Crippen LogP) is 2.58. The largest absolute Gasteiger partial charge is 0.373 e. The lowest BCUT2D eigenvalue weighted by molar-refractivity contribution is -0.127. The van der Waals surface area contributed by atoms with E-state index in [0.29, 0.717) is 18.8 Å². The Bertz CT molecular complexity index is 819. The van der Waals surface area contributed by atoms with Crippen molar-refractivity contribution in [2.45, 2.75) is 38.5 Å². The molecule has 0 spiro atoms. The van der Waals surface area contributed by atoms with Gasteiger partial charge in [0, 0.05) is 18.5 Å². The Labute approximate surface area is 147 Å². The second-order valence-electron chi connectivity index (χ2n) is 7.00. The predicted molar refractivity (Wildman–Crippen MR) is 96.4 cm³/mol. The highest BCUT2D eigenvalue weighted by Crippen LogP contribution is 2.32. The molecule has 0 aliphatic carbocycles. The van der Waals surface area contributed by atoms with Crippen molar-refractivity contribution in [3.8, 4) is 0 Å². The molecule has 2 heterocycles. The number of amides is 2. The van der Waals surface area contributed by atoms with Gasteiger partial charge in [-0.05, 0) is 25.3 Å². The topological polar surface area (TPSA) is 49.9 Å². The number of imide groups is 1. The van der Waals surface area contributed by atoms with E-state index in [-0.39, 0.29) is 36.5 Å². The van der Waals surface area contributed by atoms with Crippen LogP contribution in [0.15, 0.2) is 42.5 Å². The summed E-state index contributed by atoms with van der Waals surface area (Å²) in [6, 6.07) is 13.2. The molecule has 2 aromatic carbocycles. The van der Waals surface area contributed by atoms with Crippen LogP contribution >= 0.6 is 0 Å². The van der Waals surface area contributed by atoms with E-state index in [4.69, 9.17) is 4.74 Å². The van der Waals surface area contributed by atoms with Gasteiger partial charge >= 0.3 is 0 Å². The Kier molecular flexibility index (Phi) is 4.06. The summed E-state index contributed by atoms with van der Waals surface area (Å²) < 4.78 is 5.76. The summed E-state index contributed by atoms with van der Waals surface area (Å²) in [5.74, 6) is -0.249. The van der Waals surface area contributed by atoms with E-state index < -0.39 is 0 Å². The Balaban J connectivity index is 1.67. The number of ether oxygens (including phenoxy) is 1. The molecule has 0 radical (unpaired) electrons. The van der Waals surface area contributed by atoms with Gasteiger partial charge in [0.15, 0.2) is 0 Å². The van der Waals surface area contributed by atoms with Crippen LogP contribution < -0.4 is 4.90 Å². The third-order valence-corrected chi connectivity index (χ3v) is 5.02. The van der Waals surface area contributed by atoms with Crippen molar-refractivity contribution in [3.63, 3.8) is 0 Å². The number of carbonyl (C=O) groups excluding carboxylic acids is 2. The number of hydrogen-bond donors (Lipinski definition) is 0. The summed E-state index contributed by atoms with van der Waals surface area (Å²) in [7, 11) is 0. The number of fused-ring (bicyclic) bond motifs is 1. The second kappa shape index (κ2) is 6.24. The number of rotatable bonds is 2. The van der Waals surface area contributed by atoms with Gasteiger partial charge in [-0.1, -0.05) is 36.4 Å². The molecule has 3 atom stereocenters. The van der Waals surface area contributed by atoms with Gasteiger partial charge in [0.25, 0.3) is 5.91 Å². The number of benzene rings is 2. The Hall–Kier alpha value is -2.24. The van der Waals surface area contributed by atoms with E-state index in [9.17, 15) is 9.59 Å². The lowest BCUT2D eigenvalue weighted by Crippen LogP contribution is -2.52. The highest BCUT2D eigenvalue weighted by molar-refractivity contribution is 6.25. The standard InChI is InChI=1S/C20H22N2O3/c1-13-11-21(12-14(2)25-13)18-10-19(23)22(20(18)24)17-9-5-7-15-6-3-4-8-16(15)17/h3-9,13-14,18H,10-12H2,1-2H3. The Morgan fingerprint density at radius 1 is 0.960 bits per heavy atom. The summed E-state index contributed by atoms with van der Waals surface area (Å²) in [4.78, 5) is 29.3. The molecular weight excluding hydrogens is 316 g/mol. The first-order valence-corrected chi connectivity index (χ1v) is 8.78. The number of nitrogens with zero attached hydrogens (tertiary/aromatic N) is 2. The molecule has 130 valence electrons. The highest BCUT2D eigenvalue weighted by atomic mass is 16.5. The monoisotopic (exact) mass is 338 g/mol. The maximum absolute atomic E-state index is 13.1. The number of hydrogen-bond acceptors (Lipinski definition) is 4. The van der Waals surface area contributed by atoms with Crippen molar-refractivity contribution >= 4 is 28.3 Å². The van der Waals surface area contributed by atoms with Crippen molar-refractivity contribution in [3.05, 3.63) is 42.5 Å². The molecule has 0 aromatic heterocycles. The molecule has 2 aliphatic heterocycles. The van der Waals surface area contributed by atoms with Gasteiger partial charge in [0.2, 0.25) is 5.91 Å². The Morgan fingerprint density at radius 3 is 2.40 bits per heavy atom. The molecule has 5 nitrogen and oxygen atoms in total. The average Bonchev–Trinajstić information content (AvgIpc) is 2.88. The molecule has 0 saturated carbocycles. The van der Waals surface area contributed by atoms with Gasteiger partial charge in [-0.3, -0.25) is 14.5 Å². The minimum atomic E-state index is -0.389. The first kappa shape index (κ1) is 16.2. The minimum Gasteiger partial charge on any atom is -0.373 e. The quantitative estimate of drug-likeness (QED) is 0.790. The SMILES string of the molecule is CC1CN(C2CC(=O)N(c3cccc4ccccc34)C2=O)CC(C)O1. The van der Waals surface area contributed by atoms with Crippen molar-refractivity contribution in [1.29, 1.82) is 0 Å². The maximum atomic E-state index is 13.1. The smallest absolute Gasteiger partial charge is 0.251 e. The van der Waals surface area contributed by atoms with Gasteiger partial charge in [-0.25, -0.2) is 4.90 Å². The molecule has 2 amide bonds. The fraction of sp³-hybridized carbons (Fsp3) is 0.400. The Morgan fingerprint density at radius 2 is 1.64 bits per heavy atom. The summed E-state index contributed by atoms with van der Waals surface area (Å²) in [5, 5.41) is 1.95. The maximum Gasteiger partial charge on any atom is 0.251 e. The highest BCUT2D eigenvalue weighted by Gasteiger charge is 2.44. The van der Waals surface area contributed by atoms with E-state index in [2.05, 4.69) is 4.90 Å². The molecule has 2 fully saturated rings. The normalized spacial score (nSPS) is 28.1. The van der Waals surface area contributed by atoms with Crippen LogP contribution in [0, 0.1) is 0 Å². The zero-order chi connectivity index (χ0) is 17.6. The zero-order valence-electron chi connectivity index (χ0n) is 14.5. The van der Waals surface area contributed by atoms with E-state index in [1.54, 1.807) is 0 Å². The van der Waals surface area contributed by atoms with Crippen LogP contribution in [0.1, 0.15) is 20.3 Å². The zero-order valence-corrected chi connectivity index (χ0v) is 14.5. The third-order valence-electron chi connectivity index (χ3n) is 5.02. The molecule has 5 heteroatoms. The summed E-state index contributed by atoms with van der Waals surface area (Å²) >= 11 is 0. The summed E-state index contributed by atoms with van der Waals surface area (Å²) in [6.45, 7) is 5.37. The van der Waals surface area contributed by atoms with Crippen molar-refractivity contribution < 1.29 is 14.3 Å². The lowest BCUT2D eigenvalue weighted by atomic mass is 10.1. The number of anilines is 1. The fourth-order valence-electron chi connectivity index (χ4n) is 4.03. The van der Waals surface area contributed by atoms with Crippen LogP contribution in [0.5, 0.6) is 0 Å². The molecule has 0 N–H and O–H groups in total. The summed E-state index contributed by atoms with van der Waals surface area (Å²) in [6.07, 6.45) is 0.373. The van der Waals surface area contributed by atoms with Gasteiger partial charge in [-0.15, -0.1) is 0 Å². The van der Waals surface area contributed by atoms with Crippen molar-refractivity contribution in [2.75, 3.05) is 18.0 Å². The molecule has 2 saturated heterocycles. The molecular formula is C20H22N2O3. The van der Waals surface area contributed by atoms with Gasteiger partial charge in [-0.2, -0.15) is 0 Å². The lowest BCUT2D eigenvalue weighted by Gasteiger charge is -2.37.